The second kappa shape index (κ2) is 8.60. The Labute approximate surface area is 176 Å². The van der Waals surface area contributed by atoms with Crippen LogP contribution in [-0.2, 0) is 13.1 Å². The first-order chi connectivity index (χ1) is 14.2. The van der Waals surface area contributed by atoms with E-state index in [4.69, 9.17) is 17.3 Å². The highest BCUT2D eigenvalue weighted by atomic mass is 35.5. The van der Waals surface area contributed by atoms with Crippen LogP contribution in [0.3, 0.4) is 0 Å². The lowest BCUT2D eigenvalue weighted by Crippen LogP contribution is -2.46. The molecule has 2 heterocycles. The van der Waals surface area contributed by atoms with Gasteiger partial charge in [-0.15, -0.1) is 0 Å². The summed E-state index contributed by atoms with van der Waals surface area (Å²) in [5.41, 5.74) is 9.85. The first-order valence-corrected chi connectivity index (χ1v) is 10.2. The van der Waals surface area contributed by atoms with Crippen molar-refractivity contribution in [3.05, 3.63) is 82.5 Å². The van der Waals surface area contributed by atoms with Crippen LogP contribution in [0.2, 0.25) is 5.02 Å². The highest BCUT2D eigenvalue weighted by Gasteiger charge is 2.24. The van der Waals surface area contributed by atoms with Gasteiger partial charge in [0.15, 0.2) is 0 Å². The predicted molar refractivity (Wildman–Crippen MR) is 118 cm³/mol. The zero-order valence-corrected chi connectivity index (χ0v) is 17.0. The number of hydrogen-bond acceptors (Lipinski definition) is 4. The quantitative estimate of drug-likeness (QED) is 0.697. The number of halogens is 1. The van der Waals surface area contributed by atoms with Crippen LogP contribution in [-0.4, -0.2) is 35.6 Å². The van der Waals surface area contributed by atoms with Crippen molar-refractivity contribution in [1.29, 1.82) is 5.26 Å². The SMILES string of the molecule is N#Cc1cc(N)c(N2CCN(Cc3ccccc3)CC2)n1Cc1ccccc1Cl. The van der Waals surface area contributed by atoms with E-state index in [1.165, 1.54) is 5.56 Å². The molecule has 1 saturated heterocycles. The first kappa shape index (κ1) is 19.4. The van der Waals surface area contributed by atoms with Crippen molar-refractivity contribution in [3.8, 4) is 6.07 Å². The maximum absolute atomic E-state index is 9.62. The number of piperazine rings is 1. The largest absolute Gasteiger partial charge is 0.396 e. The van der Waals surface area contributed by atoms with Crippen LogP contribution in [0.15, 0.2) is 60.7 Å². The number of benzene rings is 2. The minimum absolute atomic E-state index is 0.527. The molecule has 1 aromatic heterocycles. The minimum Gasteiger partial charge on any atom is -0.396 e. The van der Waals surface area contributed by atoms with Crippen LogP contribution in [0.25, 0.3) is 0 Å². The fourth-order valence-corrected chi connectivity index (χ4v) is 4.12. The molecule has 5 nitrogen and oxygen atoms in total. The van der Waals surface area contributed by atoms with Gasteiger partial charge in [-0.05, 0) is 23.3 Å². The van der Waals surface area contributed by atoms with Crippen molar-refractivity contribution in [2.75, 3.05) is 36.8 Å². The average molecular weight is 406 g/mol. The molecule has 0 bridgehead atoms. The van der Waals surface area contributed by atoms with E-state index in [-0.39, 0.29) is 0 Å². The molecule has 0 aliphatic carbocycles. The number of rotatable bonds is 5. The van der Waals surface area contributed by atoms with Gasteiger partial charge in [-0.3, -0.25) is 4.90 Å². The second-order valence-electron chi connectivity index (χ2n) is 7.35. The molecule has 6 heteroatoms. The number of anilines is 2. The van der Waals surface area contributed by atoms with Gasteiger partial charge in [-0.2, -0.15) is 5.26 Å². The van der Waals surface area contributed by atoms with Gasteiger partial charge in [0.2, 0.25) is 0 Å². The number of nitrogen functional groups attached to an aromatic ring is 1. The van der Waals surface area contributed by atoms with Gasteiger partial charge in [0.1, 0.15) is 17.6 Å². The first-order valence-electron chi connectivity index (χ1n) is 9.79. The van der Waals surface area contributed by atoms with Gasteiger partial charge in [-0.1, -0.05) is 60.1 Å². The van der Waals surface area contributed by atoms with Crippen LogP contribution in [0.4, 0.5) is 11.5 Å². The number of nitrogens with two attached hydrogens (primary N) is 1. The summed E-state index contributed by atoms with van der Waals surface area (Å²) < 4.78 is 1.99. The van der Waals surface area contributed by atoms with Crippen molar-refractivity contribution in [1.82, 2.24) is 9.47 Å². The molecule has 148 valence electrons. The molecule has 1 aliphatic rings. The zero-order chi connectivity index (χ0) is 20.2. The highest BCUT2D eigenvalue weighted by Crippen LogP contribution is 2.31. The molecule has 0 radical (unpaired) electrons. The van der Waals surface area contributed by atoms with E-state index in [1.807, 2.05) is 34.9 Å². The molecule has 3 aromatic rings. The fraction of sp³-hybridized carbons (Fsp3) is 0.261. The van der Waals surface area contributed by atoms with Crippen LogP contribution < -0.4 is 10.6 Å². The number of aromatic nitrogens is 1. The lowest BCUT2D eigenvalue weighted by Gasteiger charge is -2.36. The standard InChI is InChI=1S/C23H24ClN5/c24-21-9-5-4-8-19(21)17-29-20(15-25)14-22(26)23(29)28-12-10-27(11-13-28)16-18-6-2-1-3-7-18/h1-9,14H,10-13,16-17,26H2. The van der Waals surface area contributed by atoms with E-state index in [0.717, 1.165) is 44.1 Å². The van der Waals surface area contributed by atoms with E-state index in [1.54, 1.807) is 6.07 Å². The third-order valence-electron chi connectivity index (χ3n) is 5.42. The molecule has 2 aromatic carbocycles. The van der Waals surface area contributed by atoms with Crippen LogP contribution in [0.5, 0.6) is 0 Å². The molecular formula is C23H24ClN5. The highest BCUT2D eigenvalue weighted by molar-refractivity contribution is 6.31. The molecular weight excluding hydrogens is 382 g/mol. The van der Waals surface area contributed by atoms with Gasteiger partial charge >= 0.3 is 0 Å². The van der Waals surface area contributed by atoms with Crippen molar-refractivity contribution in [2.24, 2.45) is 0 Å². The van der Waals surface area contributed by atoms with Crippen molar-refractivity contribution in [2.45, 2.75) is 13.1 Å². The molecule has 0 unspecified atom stereocenters. The summed E-state index contributed by atoms with van der Waals surface area (Å²) >= 11 is 6.36. The summed E-state index contributed by atoms with van der Waals surface area (Å²) in [5.74, 6) is 0.917. The fourth-order valence-electron chi connectivity index (χ4n) is 3.92. The topological polar surface area (TPSA) is 61.2 Å². The van der Waals surface area contributed by atoms with Crippen molar-refractivity contribution >= 4 is 23.1 Å². The van der Waals surface area contributed by atoms with E-state index < -0.39 is 0 Å². The Morgan fingerprint density at radius 2 is 1.62 bits per heavy atom. The maximum atomic E-state index is 9.62. The van der Waals surface area contributed by atoms with Gasteiger partial charge in [0.05, 0.1) is 12.2 Å². The van der Waals surface area contributed by atoms with E-state index in [9.17, 15) is 5.26 Å². The molecule has 1 aliphatic heterocycles. The summed E-state index contributed by atoms with van der Waals surface area (Å²) in [4.78, 5) is 4.74. The Morgan fingerprint density at radius 1 is 0.931 bits per heavy atom. The Kier molecular flexibility index (Phi) is 5.75. The summed E-state index contributed by atoms with van der Waals surface area (Å²) in [6.45, 7) is 5.12. The number of nitriles is 1. The van der Waals surface area contributed by atoms with E-state index in [2.05, 4.69) is 40.1 Å². The normalized spacial score (nSPS) is 14.7. The van der Waals surface area contributed by atoms with Crippen LogP contribution >= 0.6 is 11.6 Å². The lowest BCUT2D eigenvalue weighted by molar-refractivity contribution is 0.249. The number of nitrogens with zero attached hydrogens (tertiary/aromatic N) is 4. The zero-order valence-electron chi connectivity index (χ0n) is 16.3. The average Bonchev–Trinajstić information content (AvgIpc) is 3.06. The van der Waals surface area contributed by atoms with Gasteiger partial charge in [-0.25, -0.2) is 0 Å². The van der Waals surface area contributed by atoms with Crippen molar-refractivity contribution < 1.29 is 0 Å². The molecule has 0 amide bonds. The predicted octanol–water partition coefficient (Wildman–Crippen LogP) is 3.97. The van der Waals surface area contributed by atoms with Gasteiger partial charge in [0.25, 0.3) is 0 Å². The van der Waals surface area contributed by atoms with Gasteiger partial charge < -0.3 is 15.2 Å². The second-order valence-corrected chi connectivity index (χ2v) is 7.75. The molecule has 2 N–H and O–H groups in total. The van der Waals surface area contributed by atoms with Crippen LogP contribution in [0, 0.1) is 11.3 Å². The molecule has 0 atom stereocenters. The third kappa shape index (κ3) is 4.24. The monoisotopic (exact) mass is 405 g/mol. The molecule has 29 heavy (non-hydrogen) atoms. The molecule has 0 saturated carbocycles. The third-order valence-corrected chi connectivity index (χ3v) is 5.79. The van der Waals surface area contributed by atoms with Crippen molar-refractivity contribution in [3.63, 3.8) is 0 Å². The summed E-state index contributed by atoms with van der Waals surface area (Å²) in [5, 5.41) is 10.3. The Balaban J connectivity index is 1.52. The Morgan fingerprint density at radius 3 is 2.31 bits per heavy atom. The van der Waals surface area contributed by atoms with Crippen LogP contribution in [0.1, 0.15) is 16.8 Å². The maximum Gasteiger partial charge on any atom is 0.133 e. The Bertz CT molecular complexity index is 1010. The summed E-state index contributed by atoms with van der Waals surface area (Å²) in [6.07, 6.45) is 0. The minimum atomic E-state index is 0.527. The number of hydrogen-bond donors (Lipinski definition) is 1. The van der Waals surface area contributed by atoms with E-state index >= 15 is 0 Å². The smallest absolute Gasteiger partial charge is 0.133 e. The van der Waals surface area contributed by atoms with E-state index in [0.29, 0.717) is 22.9 Å². The van der Waals surface area contributed by atoms with Gasteiger partial charge in [0, 0.05) is 37.7 Å². The molecule has 4 rings (SSSR count). The molecule has 1 fully saturated rings. The molecule has 0 spiro atoms. The summed E-state index contributed by atoms with van der Waals surface area (Å²) in [6, 6.07) is 22.3. The Hall–Kier alpha value is -2.94. The summed E-state index contributed by atoms with van der Waals surface area (Å²) in [7, 11) is 0. The lowest BCUT2D eigenvalue weighted by atomic mass is 10.2.